The summed E-state index contributed by atoms with van der Waals surface area (Å²) in [4.78, 5) is 31.0. The van der Waals surface area contributed by atoms with Gasteiger partial charge in [0.1, 0.15) is 22.9 Å². The Morgan fingerprint density at radius 3 is 2.50 bits per heavy atom. The van der Waals surface area contributed by atoms with Gasteiger partial charge in [-0.25, -0.2) is 13.8 Å². The molecule has 5 aliphatic heterocycles. The number of hydrogen-bond acceptors (Lipinski definition) is 5. The van der Waals surface area contributed by atoms with Crippen molar-refractivity contribution < 1.29 is 33.0 Å². The summed E-state index contributed by atoms with van der Waals surface area (Å²) >= 11 is 0. The smallest absolute Gasteiger partial charge is 0.304 e. The zero-order valence-corrected chi connectivity index (χ0v) is 21.0. The highest BCUT2D eigenvalue weighted by Crippen LogP contribution is 2.34. The fourth-order valence-electron chi connectivity index (χ4n) is 5.11. The first-order chi connectivity index (χ1) is 18.3. The van der Waals surface area contributed by atoms with Crippen LogP contribution >= 0.6 is 0 Å². The van der Waals surface area contributed by atoms with Gasteiger partial charge in [-0.1, -0.05) is 24.3 Å². The first-order valence-electron chi connectivity index (χ1n) is 12.6. The Hall–Kier alpha value is -4.01. The van der Waals surface area contributed by atoms with Gasteiger partial charge < -0.3 is 19.5 Å². The van der Waals surface area contributed by atoms with E-state index in [1.54, 1.807) is 6.07 Å². The first kappa shape index (κ1) is 25.6. The quantitative estimate of drug-likeness (QED) is 0.508. The molecule has 2 aromatic carbocycles. The number of benzene rings is 2. The summed E-state index contributed by atoms with van der Waals surface area (Å²) in [5.74, 6) is -3.64. The second-order valence-electron chi connectivity index (χ2n) is 9.65. The van der Waals surface area contributed by atoms with Crippen molar-refractivity contribution in [2.45, 2.75) is 45.1 Å². The molecule has 1 N–H and O–H groups in total. The minimum absolute atomic E-state index is 0.0225. The molecule has 1 atom stereocenters. The van der Waals surface area contributed by atoms with Crippen LogP contribution in [0.4, 0.5) is 8.78 Å². The van der Waals surface area contributed by atoms with Gasteiger partial charge in [0, 0.05) is 42.9 Å². The molecule has 3 aromatic rings. The van der Waals surface area contributed by atoms with Crippen molar-refractivity contribution in [2.24, 2.45) is 0 Å². The van der Waals surface area contributed by atoms with Gasteiger partial charge in [-0.2, -0.15) is 0 Å². The van der Waals surface area contributed by atoms with Crippen LogP contribution < -0.4 is 9.47 Å². The van der Waals surface area contributed by atoms with E-state index in [1.165, 1.54) is 4.90 Å². The highest BCUT2D eigenvalue weighted by molar-refractivity contribution is 5.95. The Morgan fingerprint density at radius 1 is 1.05 bits per heavy atom. The minimum Gasteiger partial charge on any atom is -0.493 e. The zero-order chi connectivity index (χ0) is 26.8. The van der Waals surface area contributed by atoms with E-state index in [-0.39, 0.29) is 25.3 Å². The molecule has 7 bridgehead atoms. The van der Waals surface area contributed by atoms with E-state index in [0.29, 0.717) is 44.0 Å². The number of pyridine rings is 1. The van der Waals surface area contributed by atoms with E-state index in [1.807, 2.05) is 31.2 Å². The predicted octanol–water partition coefficient (Wildman–Crippen LogP) is 5.02. The largest absolute Gasteiger partial charge is 0.493 e. The minimum atomic E-state index is -0.969. The maximum atomic E-state index is 14.9. The van der Waals surface area contributed by atoms with Crippen molar-refractivity contribution in [3.05, 3.63) is 87.6 Å². The van der Waals surface area contributed by atoms with Crippen LogP contribution in [0.2, 0.25) is 0 Å². The second-order valence-corrected chi connectivity index (χ2v) is 9.65. The van der Waals surface area contributed by atoms with Crippen molar-refractivity contribution in [1.29, 1.82) is 0 Å². The molecule has 6 heterocycles. The fourth-order valence-corrected chi connectivity index (χ4v) is 5.11. The molecule has 0 spiro atoms. The monoisotopic (exact) mass is 522 g/mol. The Labute approximate surface area is 219 Å². The Kier molecular flexibility index (Phi) is 7.26. The molecule has 7 nitrogen and oxygen atoms in total. The maximum Gasteiger partial charge on any atom is 0.304 e. The molecule has 0 saturated heterocycles. The number of halogens is 2. The lowest BCUT2D eigenvalue weighted by Gasteiger charge is -2.30. The van der Waals surface area contributed by atoms with E-state index in [2.05, 4.69) is 4.98 Å². The van der Waals surface area contributed by atoms with E-state index in [9.17, 15) is 23.5 Å². The molecular formula is C29H28F2N2O5. The van der Waals surface area contributed by atoms with Crippen LogP contribution in [0.5, 0.6) is 11.6 Å². The van der Waals surface area contributed by atoms with Crippen LogP contribution in [0.15, 0.2) is 42.5 Å². The fraction of sp³-hybridized carbons (Fsp3) is 0.345. The van der Waals surface area contributed by atoms with Crippen molar-refractivity contribution in [3.63, 3.8) is 0 Å². The van der Waals surface area contributed by atoms with Crippen LogP contribution in [-0.2, 0) is 17.8 Å². The number of carboxylic acids is 1. The van der Waals surface area contributed by atoms with E-state index >= 15 is 0 Å². The lowest BCUT2D eigenvalue weighted by molar-refractivity contribution is -0.137. The lowest BCUT2D eigenvalue weighted by Crippen LogP contribution is -2.37. The summed E-state index contributed by atoms with van der Waals surface area (Å²) in [6.45, 7) is 2.88. The van der Waals surface area contributed by atoms with Crippen LogP contribution in [0.25, 0.3) is 0 Å². The Bertz CT molecular complexity index is 1370. The highest BCUT2D eigenvalue weighted by atomic mass is 19.1. The molecule has 198 valence electrons. The molecule has 5 aliphatic rings. The average Bonchev–Trinajstić information content (AvgIpc) is 2.88. The van der Waals surface area contributed by atoms with Crippen LogP contribution in [0, 0.1) is 18.6 Å². The van der Waals surface area contributed by atoms with Gasteiger partial charge in [-0.05, 0) is 48.4 Å². The molecular weight excluding hydrogens is 494 g/mol. The third kappa shape index (κ3) is 5.32. The predicted molar refractivity (Wildman–Crippen MR) is 135 cm³/mol. The van der Waals surface area contributed by atoms with E-state index < -0.39 is 35.0 Å². The summed E-state index contributed by atoms with van der Waals surface area (Å²) in [6, 6.07) is 11.4. The first-order valence-corrected chi connectivity index (χ1v) is 12.6. The summed E-state index contributed by atoms with van der Waals surface area (Å²) in [6.07, 6.45) is 1.57. The van der Waals surface area contributed by atoms with Crippen LogP contribution in [-0.4, -0.2) is 46.6 Å². The number of nitrogens with zero attached hydrogens (tertiary/aromatic N) is 2. The molecule has 0 aliphatic carbocycles. The molecule has 0 fully saturated rings. The standard InChI is InChI=1S/C29H28F2N2O5/c1-17-22-6-7-26(32-17)38-11-3-2-10-37-21-13-24(30)28(25(31)14-21)29(36)33-9-8-18-4-5-19(12-20(18)16-33)23(22)15-27(34)35/h4-7,12-14,23H,2-3,8-11,15-16H2,1H3,(H,34,35). The Morgan fingerprint density at radius 2 is 1.79 bits per heavy atom. The van der Waals surface area contributed by atoms with Crippen molar-refractivity contribution >= 4 is 11.9 Å². The molecule has 1 amide bonds. The average molecular weight is 523 g/mol. The van der Waals surface area contributed by atoms with Crippen LogP contribution in [0.1, 0.15) is 63.5 Å². The van der Waals surface area contributed by atoms with Crippen molar-refractivity contribution in [2.75, 3.05) is 19.8 Å². The van der Waals surface area contributed by atoms with Gasteiger partial charge >= 0.3 is 5.97 Å². The SMILES string of the molecule is Cc1nc2ccc1C(CC(=O)O)c1ccc3c(c1)CN(CC3)C(=O)c1c(F)cc(cc1F)OCCCCO2. The molecule has 1 unspecified atom stereocenters. The maximum absolute atomic E-state index is 14.9. The number of hydrogen-bond donors (Lipinski definition) is 1. The number of aromatic nitrogens is 1. The summed E-state index contributed by atoms with van der Waals surface area (Å²) < 4.78 is 41.1. The van der Waals surface area contributed by atoms with E-state index in [0.717, 1.165) is 34.4 Å². The molecule has 0 radical (unpaired) electrons. The van der Waals surface area contributed by atoms with Gasteiger partial charge in [0.2, 0.25) is 5.88 Å². The van der Waals surface area contributed by atoms with Gasteiger partial charge in [0.25, 0.3) is 5.91 Å². The number of aliphatic carboxylic acids is 1. The molecule has 8 rings (SSSR count). The molecule has 38 heavy (non-hydrogen) atoms. The zero-order valence-electron chi connectivity index (χ0n) is 21.0. The van der Waals surface area contributed by atoms with Gasteiger partial charge in [0.05, 0.1) is 19.6 Å². The molecule has 1 aromatic heterocycles. The third-order valence-electron chi connectivity index (χ3n) is 7.07. The van der Waals surface area contributed by atoms with Crippen molar-refractivity contribution in [1.82, 2.24) is 9.88 Å². The van der Waals surface area contributed by atoms with Gasteiger partial charge in [-0.15, -0.1) is 0 Å². The van der Waals surface area contributed by atoms with Crippen molar-refractivity contribution in [3.8, 4) is 11.6 Å². The Balaban J connectivity index is 1.55. The highest BCUT2D eigenvalue weighted by Gasteiger charge is 2.29. The second kappa shape index (κ2) is 10.8. The number of carbonyl (C=O) groups excluding carboxylic acids is 1. The number of amides is 1. The third-order valence-corrected chi connectivity index (χ3v) is 7.07. The lowest BCUT2D eigenvalue weighted by atomic mass is 9.85. The summed E-state index contributed by atoms with van der Waals surface area (Å²) in [5, 5.41) is 9.68. The number of carboxylic acid groups (broad SMARTS) is 1. The van der Waals surface area contributed by atoms with Gasteiger partial charge in [-0.3, -0.25) is 9.59 Å². The van der Waals surface area contributed by atoms with Gasteiger partial charge in [0.15, 0.2) is 0 Å². The number of aryl methyl sites for hydroxylation is 1. The number of ether oxygens (including phenoxy) is 2. The normalized spacial score (nSPS) is 17.6. The number of rotatable bonds is 2. The van der Waals surface area contributed by atoms with E-state index in [4.69, 9.17) is 9.47 Å². The van der Waals surface area contributed by atoms with Crippen LogP contribution in [0.3, 0.4) is 0 Å². The molecule has 0 saturated carbocycles. The topological polar surface area (TPSA) is 89.0 Å². The number of carbonyl (C=O) groups is 2. The molecule has 9 heteroatoms. The summed E-state index contributed by atoms with van der Waals surface area (Å²) in [5.41, 5.74) is 3.42. The summed E-state index contributed by atoms with van der Waals surface area (Å²) in [7, 11) is 0.